The van der Waals surface area contributed by atoms with Crippen molar-refractivity contribution in [3.63, 3.8) is 0 Å². The van der Waals surface area contributed by atoms with Gasteiger partial charge in [-0.15, -0.1) is 0 Å². The Morgan fingerprint density at radius 2 is 2.00 bits per heavy atom. The molecule has 0 spiro atoms. The minimum absolute atomic E-state index is 0.455. The van der Waals surface area contributed by atoms with Gasteiger partial charge in [-0.25, -0.2) is 4.98 Å². The van der Waals surface area contributed by atoms with E-state index in [1.54, 1.807) is 12.4 Å². The van der Waals surface area contributed by atoms with Crippen LogP contribution >= 0.6 is 0 Å². The Morgan fingerprint density at radius 1 is 1.20 bits per heavy atom. The van der Waals surface area contributed by atoms with Gasteiger partial charge in [-0.1, -0.05) is 47.0 Å². The van der Waals surface area contributed by atoms with Gasteiger partial charge < -0.3 is 10.1 Å². The second kappa shape index (κ2) is 9.70. The van der Waals surface area contributed by atoms with E-state index in [1.807, 2.05) is 0 Å². The molecule has 1 heterocycles. The van der Waals surface area contributed by atoms with Crippen LogP contribution < -0.4 is 10.1 Å². The van der Waals surface area contributed by atoms with Crippen LogP contribution in [0.5, 0.6) is 5.88 Å². The molecule has 0 aliphatic heterocycles. The number of hydrogen-bond acceptors (Lipinski definition) is 4. The first-order chi connectivity index (χ1) is 9.65. The maximum absolute atomic E-state index is 5.74. The Balaban J connectivity index is 2.36. The van der Waals surface area contributed by atoms with Crippen LogP contribution in [0.3, 0.4) is 0 Å². The van der Waals surface area contributed by atoms with Crippen LogP contribution in [-0.4, -0.2) is 22.6 Å². The molecule has 1 unspecified atom stereocenters. The third kappa shape index (κ3) is 6.85. The summed E-state index contributed by atoms with van der Waals surface area (Å²) in [4.78, 5) is 8.69. The minimum Gasteiger partial charge on any atom is -0.476 e. The summed E-state index contributed by atoms with van der Waals surface area (Å²) in [6.45, 7) is 10.2. The summed E-state index contributed by atoms with van der Waals surface area (Å²) in [6, 6.07) is 0.455. The van der Waals surface area contributed by atoms with Crippen molar-refractivity contribution in [3.05, 3.63) is 18.1 Å². The molecule has 1 atom stereocenters. The minimum atomic E-state index is 0.455. The van der Waals surface area contributed by atoms with Crippen LogP contribution in [0, 0.1) is 5.92 Å². The predicted molar refractivity (Wildman–Crippen MR) is 82.8 cm³/mol. The monoisotopic (exact) mass is 279 g/mol. The van der Waals surface area contributed by atoms with Gasteiger partial charge in [0.1, 0.15) is 0 Å². The third-order valence-electron chi connectivity index (χ3n) is 3.38. The maximum Gasteiger partial charge on any atom is 0.232 e. The molecule has 0 amide bonds. The van der Waals surface area contributed by atoms with Crippen LogP contribution in [0.1, 0.15) is 59.1 Å². The van der Waals surface area contributed by atoms with Gasteiger partial charge in [-0.2, -0.15) is 0 Å². The van der Waals surface area contributed by atoms with Crippen molar-refractivity contribution in [1.29, 1.82) is 0 Å². The first kappa shape index (κ1) is 16.9. The summed E-state index contributed by atoms with van der Waals surface area (Å²) in [7, 11) is 0. The van der Waals surface area contributed by atoms with E-state index in [2.05, 4.69) is 43.0 Å². The zero-order chi connectivity index (χ0) is 14.8. The Morgan fingerprint density at radius 3 is 2.55 bits per heavy atom. The summed E-state index contributed by atoms with van der Waals surface area (Å²) < 4.78 is 5.74. The first-order valence-electron chi connectivity index (χ1n) is 7.82. The van der Waals surface area contributed by atoms with Crippen molar-refractivity contribution in [1.82, 2.24) is 15.3 Å². The van der Waals surface area contributed by atoms with Crippen molar-refractivity contribution in [2.45, 2.75) is 66.0 Å². The number of nitrogens with zero attached hydrogens (tertiary/aromatic N) is 2. The third-order valence-corrected chi connectivity index (χ3v) is 3.38. The fraction of sp³-hybridized carbons (Fsp3) is 0.750. The van der Waals surface area contributed by atoms with Crippen LogP contribution in [0.4, 0.5) is 0 Å². The average molecular weight is 279 g/mol. The zero-order valence-corrected chi connectivity index (χ0v) is 13.4. The molecular weight excluding hydrogens is 250 g/mol. The lowest BCUT2D eigenvalue weighted by molar-refractivity contribution is 0.225. The fourth-order valence-corrected chi connectivity index (χ4v) is 1.92. The van der Waals surface area contributed by atoms with Gasteiger partial charge in [-0.05, 0) is 12.3 Å². The van der Waals surface area contributed by atoms with Crippen molar-refractivity contribution >= 4 is 0 Å². The number of unbranched alkanes of at least 4 members (excludes halogenated alkanes) is 1. The molecule has 0 aliphatic carbocycles. The van der Waals surface area contributed by atoms with E-state index < -0.39 is 0 Å². The van der Waals surface area contributed by atoms with Gasteiger partial charge in [0.2, 0.25) is 5.88 Å². The normalized spacial score (nSPS) is 12.7. The molecule has 1 N–H and O–H groups in total. The lowest BCUT2D eigenvalue weighted by atomic mass is 10.0. The molecule has 4 nitrogen and oxygen atoms in total. The van der Waals surface area contributed by atoms with E-state index in [4.69, 9.17) is 4.74 Å². The van der Waals surface area contributed by atoms with Crippen LogP contribution in [0.25, 0.3) is 0 Å². The lowest BCUT2D eigenvalue weighted by Gasteiger charge is -2.15. The van der Waals surface area contributed by atoms with E-state index in [9.17, 15) is 0 Å². The number of nitrogens with one attached hydrogen (secondary N) is 1. The van der Waals surface area contributed by atoms with Gasteiger partial charge in [0.25, 0.3) is 0 Å². The molecule has 1 aromatic rings. The summed E-state index contributed by atoms with van der Waals surface area (Å²) >= 11 is 0. The van der Waals surface area contributed by atoms with Crippen LogP contribution in [0.2, 0.25) is 0 Å². The predicted octanol–water partition coefficient (Wildman–Crippen LogP) is 3.57. The maximum atomic E-state index is 5.74. The molecule has 20 heavy (non-hydrogen) atoms. The molecule has 0 saturated carbocycles. The van der Waals surface area contributed by atoms with Crippen molar-refractivity contribution in [3.8, 4) is 5.88 Å². The zero-order valence-electron chi connectivity index (χ0n) is 13.4. The highest BCUT2D eigenvalue weighted by atomic mass is 16.5. The second-order valence-electron chi connectivity index (χ2n) is 5.61. The second-order valence-corrected chi connectivity index (χ2v) is 5.61. The Labute approximate surface area is 123 Å². The largest absolute Gasteiger partial charge is 0.476 e. The van der Waals surface area contributed by atoms with Gasteiger partial charge in [-0.3, -0.25) is 4.98 Å². The number of rotatable bonds is 10. The van der Waals surface area contributed by atoms with Gasteiger partial charge in [0, 0.05) is 12.6 Å². The number of aromatic nitrogens is 2. The van der Waals surface area contributed by atoms with E-state index >= 15 is 0 Å². The Bertz CT molecular complexity index is 351. The average Bonchev–Trinajstić information content (AvgIpc) is 2.46. The van der Waals surface area contributed by atoms with Gasteiger partial charge in [0.05, 0.1) is 24.7 Å². The highest BCUT2D eigenvalue weighted by Crippen LogP contribution is 2.14. The summed E-state index contributed by atoms with van der Waals surface area (Å²) in [5, 5.41) is 3.32. The highest BCUT2D eigenvalue weighted by molar-refractivity contribution is 5.07. The quantitative estimate of drug-likeness (QED) is 0.711. The molecule has 114 valence electrons. The van der Waals surface area contributed by atoms with Crippen molar-refractivity contribution in [2.24, 2.45) is 5.92 Å². The first-order valence-corrected chi connectivity index (χ1v) is 7.82. The summed E-state index contributed by atoms with van der Waals surface area (Å²) in [5.74, 6) is 1.26. The molecule has 0 saturated heterocycles. The molecule has 0 bridgehead atoms. The molecule has 4 heteroatoms. The van der Waals surface area contributed by atoms with Gasteiger partial charge >= 0.3 is 0 Å². The van der Waals surface area contributed by atoms with Crippen LogP contribution in [-0.2, 0) is 6.54 Å². The van der Waals surface area contributed by atoms with Crippen LogP contribution in [0.15, 0.2) is 12.4 Å². The van der Waals surface area contributed by atoms with Gasteiger partial charge in [0.15, 0.2) is 0 Å². The SMILES string of the molecule is CCCCC(CC)COc1cnc(CNC(C)C)cn1. The van der Waals surface area contributed by atoms with E-state index in [0.717, 1.165) is 25.3 Å². The summed E-state index contributed by atoms with van der Waals surface area (Å²) in [6.07, 6.45) is 8.42. The van der Waals surface area contributed by atoms with E-state index in [1.165, 1.54) is 19.3 Å². The molecule has 0 fully saturated rings. The number of hydrogen-bond donors (Lipinski definition) is 1. The topological polar surface area (TPSA) is 47.0 Å². The molecular formula is C16H29N3O. The molecule has 1 rings (SSSR count). The smallest absolute Gasteiger partial charge is 0.232 e. The lowest BCUT2D eigenvalue weighted by Crippen LogP contribution is -2.22. The van der Waals surface area contributed by atoms with Crippen molar-refractivity contribution < 1.29 is 4.74 Å². The fourth-order valence-electron chi connectivity index (χ4n) is 1.92. The molecule has 0 aromatic carbocycles. The highest BCUT2D eigenvalue weighted by Gasteiger charge is 2.07. The Kier molecular flexibility index (Phi) is 8.19. The molecule has 0 aliphatic rings. The molecule has 1 aromatic heterocycles. The summed E-state index contributed by atoms with van der Waals surface area (Å²) in [5.41, 5.74) is 0.948. The Hall–Kier alpha value is -1.16. The molecule has 0 radical (unpaired) electrons. The standard InChI is InChI=1S/C16H29N3O/c1-5-7-8-14(6-2)12-20-16-11-18-15(10-19-16)9-17-13(3)4/h10-11,13-14,17H,5-9,12H2,1-4H3. The van der Waals surface area contributed by atoms with Crippen molar-refractivity contribution in [2.75, 3.05) is 6.61 Å². The van der Waals surface area contributed by atoms with E-state index in [-0.39, 0.29) is 0 Å². The number of ether oxygens (including phenoxy) is 1. The van der Waals surface area contributed by atoms with E-state index in [0.29, 0.717) is 17.8 Å².